The van der Waals surface area contributed by atoms with E-state index in [9.17, 15) is 0 Å². The monoisotopic (exact) mass is 258 g/mol. The molecule has 0 fully saturated rings. The molecule has 4 nitrogen and oxygen atoms in total. The molecule has 0 bridgehead atoms. The molecule has 1 aliphatic carbocycles. The molecule has 0 aliphatic heterocycles. The highest BCUT2D eigenvalue weighted by molar-refractivity contribution is 5.40. The van der Waals surface area contributed by atoms with Crippen LogP contribution >= 0.6 is 0 Å². The van der Waals surface area contributed by atoms with E-state index in [-0.39, 0.29) is 0 Å². The average molecular weight is 258 g/mol. The first-order chi connectivity index (χ1) is 9.26. The summed E-state index contributed by atoms with van der Waals surface area (Å²) >= 11 is 0. The Kier molecular flexibility index (Phi) is 3.25. The van der Waals surface area contributed by atoms with Gasteiger partial charge in [-0.15, -0.1) is 0 Å². The van der Waals surface area contributed by atoms with Gasteiger partial charge < -0.3 is 14.5 Å². The van der Waals surface area contributed by atoms with Crippen molar-refractivity contribution in [3.63, 3.8) is 0 Å². The molecule has 1 N–H and O–H groups in total. The minimum absolute atomic E-state index is 0.359. The van der Waals surface area contributed by atoms with Gasteiger partial charge in [-0.2, -0.15) is 0 Å². The van der Waals surface area contributed by atoms with Crippen molar-refractivity contribution < 1.29 is 9.15 Å². The fraction of sp³-hybridized carbons (Fsp3) is 0.400. The molecule has 1 aliphatic rings. The molecule has 1 heterocycles. The fourth-order valence-corrected chi connectivity index (χ4v) is 2.61. The molecule has 2 aromatic rings. The summed E-state index contributed by atoms with van der Waals surface area (Å²) in [5, 5.41) is 3.51. The van der Waals surface area contributed by atoms with Gasteiger partial charge >= 0.3 is 0 Å². The molecular formula is C15H18N2O2. The number of aromatic nitrogens is 1. The van der Waals surface area contributed by atoms with E-state index < -0.39 is 0 Å². The quantitative estimate of drug-likeness (QED) is 0.916. The number of fused-ring (bicyclic) bond motifs is 1. The molecule has 0 radical (unpaired) electrons. The molecule has 19 heavy (non-hydrogen) atoms. The van der Waals surface area contributed by atoms with Crippen LogP contribution in [0.3, 0.4) is 0 Å². The summed E-state index contributed by atoms with van der Waals surface area (Å²) in [5.41, 5.74) is 2.74. The van der Waals surface area contributed by atoms with Crippen LogP contribution in [-0.4, -0.2) is 12.1 Å². The second-order valence-electron chi connectivity index (χ2n) is 4.90. The fourth-order valence-electron chi connectivity index (χ4n) is 2.61. The maximum absolute atomic E-state index is 5.48. The van der Waals surface area contributed by atoms with Crippen LogP contribution in [0, 0.1) is 6.92 Å². The second kappa shape index (κ2) is 5.05. The minimum atomic E-state index is 0.359. The summed E-state index contributed by atoms with van der Waals surface area (Å²) in [6, 6.07) is 6.67. The summed E-state index contributed by atoms with van der Waals surface area (Å²) in [6.07, 6.45) is 3.98. The highest BCUT2D eigenvalue weighted by Crippen LogP contribution is 2.33. The third kappa shape index (κ3) is 2.49. The lowest BCUT2D eigenvalue weighted by Crippen LogP contribution is -2.18. The molecular weight excluding hydrogens is 240 g/mol. The summed E-state index contributed by atoms with van der Waals surface area (Å²) < 4.78 is 10.8. The van der Waals surface area contributed by atoms with Crippen LogP contribution in [0.1, 0.15) is 35.2 Å². The van der Waals surface area contributed by atoms with Gasteiger partial charge in [0.2, 0.25) is 5.89 Å². The van der Waals surface area contributed by atoms with E-state index in [1.165, 1.54) is 11.1 Å². The number of nitrogens with zero attached hydrogens (tertiary/aromatic N) is 1. The zero-order valence-corrected chi connectivity index (χ0v) is 11.3. The van der Waals surface area contributed by atoms with Crippen LogP contribution in [0.4, 0.5) is 0 Å². The van der Waals surface area contributed by atoms with Crippen LogP contribution in [0.25, 0.3) is 0 Å². The molecule has 0 amide bonds. The Bertz CT molecular complexity index is 577. The van der Waals surface area contributed by atoms with E-state index in [4.69, 9.17) is 9.15 Å². The van der Waals surface area contributed by atoms with Gasteiger partial charge in [0.15, 0.2) is 0 Å². The van der Waals surface area contributed by atoms with E-state index in [0.29, 0.717) is 12.6 Å². The highest BCUT2D eigenvalue weighted by atomic mass is 16.5. The van der Waals surface area contributed by atoms with Gasteiger partial charge in [0.1, 0.15) is 11.5 Å². The Hall–Kier alpha value is -1.81. The largest absolute Gasteiger partial charge is 0.497 e. The van der Waals surface area contributed by atoms with Gasteiger partial charge in [-0.25, -0.2) is 4.98 Å². The van der Waals surface area contributed by atoms with E-state index in [1.54, 1.807) is 13.3 Å². The number of methoxy groups -OCH3 is 1. The predicted molar refractivity (Wildman–Crippen MR) is 72.1 cm³/mol. The van der Waals surface area contributed by atoms with Crippen molar-refractivity contribution in [1.82, 2.24) is 10.3 Å². The summed E-state index contributed by atoms with van der Waals surface area (Å²) in [6.45, 7) is 2.57. The van der Waals surface area contributed by atoms with Crippen molar-refractivity contribution in [2.24, 2.45) is 0 Å². The van der Waals surface area contributed by atoms with E-state index >= 15 is 0 Å². The van der Waals surface area contributed by atoms with E-state index in [0.717, 1.165) is 30.2 Å². The van der Waals surface area contributed by atoms with Crippen molar-refractivity contribution in [3.05, 3.63) is 47.2 Å². The van der Waals surface area contributed by atoms with Crippen LogP contribution < -0.4 is 10.1 Å². The predicted octanol–water partition coefficient (Wildman–Crippen LogP) is 2.77. The Morgan fingerprint density at radius 1 is 1.47 bits per heavy atom. The number of rotatable bonds is 4. The van der Waals surface area contributed by atoms with Crippen LogP contribution in [0.5, 0.6) is 5.75 Å². The SMILES string of the molecule is COc1ccc2c(c1)C(NCc1ncc(C)o1)CC2. The summed E-state index contributed by atoms with van der Waals surface area (Å²) in [7, 11) is 1.70. The van der Waals surface area contributed by atoms with Gasteiger partial charge in [-0.1, -0.05) is 6.07 Å². The first-order valence-electron chi connectivity index (χ1n) is 6.58. The number of hydrogen-bond acceptors (Lipinski definition) is 4. The molecule has 1 aromatic carbocycles. The van der Waals surface area contributed by atoms with E-state index in [2.05, 4.69) is 22.4 Å². The van der Waals surface area contributed by atoms with Gasteiger partial charge in [0.25, 0.3) is 0 Å². The van der Waals surface area contributed by atoms with Crippen molar-refractivity contribution in [1.29, 1.82) is 0 Å². The number of nitrogens with one attached hydrogen (secondary N) is 1. The van der Waals surface area contributed by atoms with Gasteiger partial charge in [-0.3, -0.25) is 0 Å². The lowest BCUT2D eigenvalue weighted by Gasteiger charge is -2.13. The molecule has 1 unspecified atom stereocenters. The smallest absolute Gasteiger partial charge is 0.208 e. The molecule has 4 heteroatoms. The average Bonchev–Trinajstić information content (AvgIpc) is 3.02. The van der Waals surface area contributed by atoms with Crippen molar-refractivity contribution >= 4 is 0 Å². The molecule has 1 atom stereocenters. The zero-order valence-electron chi connectivity index (χ0n) is 11.3. The van der Waals surface area contributed by atoms with Gasteiger partial charge in [0.05, 0.1) is 19.9 Å². The first-order valence-corrected chi connectivity index (χ1v) is 6.58. The summed E-state index contributed by atoms with van der Waals surface area (Å²) in [5.74, 6) is 2.51. The molecule has 3 rings (SSSR count). The minimum Gasteiger partial charge on any atom is -0.497 e. The lowest BCUT2D eigenvalue weighted by atomic mass is 10.1. The maximum Gasteiger partial charge on any atom is 0.208 e. The number of hydrogen-bond donors (Lipinski definition) is 1. The first kappa shape index (κ1) is 12.2. The lowest BCUT2D eigenvalue weighted by molar-refractivity contribution is 0.410. The Morgan fingerprint density at radius 2 is 2.37 bits per heavy atom. The topological polar surface area (TPSA) is 47.3 Å². The number of ether oxygens (including phenoxy) is 1. The van der Waals surface area contributed by atoms with E-state index in [1.807, 2.05) is 13.0 Å². The van der Waals surface area contributed by atoms with Gasteiger partial charge in [-0.05, 0) is 43.0 Å². The molecule has 0 spiro atoms. The third-order valence-corrected chi connectivity index (χ3v) is 3.60. The molecule has 1 aromatic heterocycles. The molecule has 100 valence electrons. The Morgan fingerprint density at radius 3 is 3.11 bits per heavy atom. The van der Waals surface area contributed by atoms with Gasteiger partial charge in [0, 0.05) is 6.04 Å². The van der Waals surface area contributed by atoms with Crippen LogP contribution in [0.15, 0.2) is 28.8 Å². The van der Waals surface area contributed by atoms with Crippen molar-refractivity contribution in [3.8, 4) is 5.75 Å². The standard InChI is InChI=1S/C15H18N2O2/c1-10-8-17-15(19-10)9-16-14-6-4-11-3-5-12(18-2)7-13(11)14/h3,5,7-8,14,16H,4,6,9H2,1-2H3. The number of oxazole rings is 1. The second-order valence-corrected chi connectivity index (χ2v) is 4.90. The van der Waals surface area contributed by atoms with Crippen LogP contribution in [-0.2, 0) is 13.0 Å². The van der Waals surface area contributed by atoms with Crippen LogP contribution in [0.2, 0.25) is 0 Å². The maximum atomic E-state index is 5.48. The number of aryl methyl sites for hydroxylation is 2. The van der Waals surface area contributed by atoms with Crippen molar-refractivity contribution in [2.75, 3.05) is 7.11 Å². The molecule has 0 saturated heterocycles. The highest BCUT2D eigenvalue weighted by Gasteiger charge is 2.22. The zero-order chi connectivity index (χ0) is 13.2. The Balaban J connectivity index is 1.71. The van der Waals surface area contributed by atoms with Crippen molar-refractivity contribution in [2.45, 2.75) is 32.4 Å². The molecule has 0 saturated carbocycles. The normalized spacial score (nSPS) is 17.5. The third-order valence-electron chi connectivity index (χ3n) is 3.60. The Labute approximate surface area is 112 Å². The number of benzene rings is 1. The summed E-state index contributed by atoms with van der Waals surface area (Å²) in [4.78, 5) is 4.21.